The topological polar surface area (TPSA) is 134 Å². The van der Waals surface area contributed by atoms with Gasteiger partial charge in [-0.25, -0.2) is 0 Å². The summed E-state index contributed by atoms with van der Waals surface area (Å²) in [5.74, 6) is 0.715. The second-order valence-corrected chi connectivity index (χ2v) is 8.47. The van der Waals surface area contributed by atoms with E-state index in [-0.39, 0.29) is 35.4 Å². The van der Waals surface area contributed by atoms with E-state index in [1.54, 1.807) is 36.5 Å². The minimum absolute atomic E-state index is 0.00947. The first kappa shape index (κ1) is 23.3. The minimum atomic E-state index is -0.688. The lowest BCUT2D eigenvalue weighted by Crippen LogP contribution is -2.22. The molecule has 3 heterocycles. The fourth-order valence-electron chi connectivity index (χ4n) is 4.60. The van der Waals surface area contributed by atoms with Crippen LogP contribution >= 0.6 is 0 Å². The summed E-state index contributed by atoms with van der Waals surface area (Å²) >= 11 is 0. The van der Waals surface area contributed by atoms with Gasteiger partial charge in [-0.3, -0.25) is 14.2 Å². The number of benzene rings is 1. The molecule has 1 aliphatic carbocycles. The average molecular weight is 492 g/mol. The monoisotopic (exact) mass is 491 g/mol. The molecule has 1 aromatic carbocycles. The summed E-state index contributed by atoms with van der Waals surface area (Å²) in [6, 6.07) is 9.97. The molecule has 0 saturated heterocycles. The molecule has 1 fully saturated rings. The highest BCUT2D eigenvalue weighted by Crippen LogP contribution is 2.42. The molecular formula is C25H25N5O6. The molecule has 11 heteroatoms. The smallest absolute Gasteiger partial charge is 0.289 e. The van der Waals surface area contributed by atoms with E-state index in [0.29, 0.717) is 23.0 Å². The number of nitrogens with zero attached hydrogens (tertiary/aromatic N) is 5. The maximum atomic E-state index is 13.2. The van der Waals surface area contributed by atoms with Crippen LogP contribution in [0.25, 0.3) is 17.1 Å². The van der Waals surface area contributed by atoms with Crippen molar-refractivity contribution in [3.63, 3.8) is 0 Å². The van der Waals surface area contributed by atoms with Crippen molar-refractivity contribution in [2.75, 3.05) is 14.2 Å². The lowest BCUT2D eigenvalue weighted by molar-refractivity contribution is 0.377. The number of hydrogen-bond donors (Lipinski definition) is 1. The Morgan fingerprint density at radius 1 is 1.03 bits per heavy atom. The van der Waals surface area contributed by atoms with Crippen LogP contribution in [-0.4, -0.2) is 43.6 Å². The van der Waals surface area contributed by atoms with Gasteiger partial charge in [-0.15, -0.1) is 10.2 Å². The summed E-state index contributed by atoms with van der Waals surface area (Å²) in [4.78, 5) is 29.6. The molecule has 0 aliphatic heterocycles. The summed E-state index contributed by atoms with van der Waals surface area (Å²) in [7, 11) is 3.02. The van der Waals surface area contributed by atoms with Crippen molar-refractivity contribution in [3.8, 4) is 34.5 Å². The maximum Gasteiger partial charge on any atom is 0.289 e. The van der Waals surface area contributed by atoms with Crippen molar-refractivity contribution < 1.29 is 19.0 Å². The van der Waals surface area contributed by atoms with E-state index in [1.807, 2.05) is 0 Å². The molecule has 5 rings (SSSR count). The van der Waals surface area contributed by atoms with Crippen LogP contribution in [0.15, 0.2) is 56.6 Å². The summed E-state index contributed by atoms with van der Waals surface area (Å²) in [6.45, 7) is 0.00947. The molecule has 36 heavy (non-hydrogen) atoms. The van der Waals surface area contributed by atoms with Crippen molar-refractivity contribution in [1.82, 2.24) is 24.3 Å². The van der Waals surface area contributed by atoms with Crippen molar-refractivity contribution in [3.05, 3.63) is 75.0 Å². The third-order valence-corrected chi connectivity index (χ3v) is 6.33. The summed E-state index contributed by atoms with van der Waals surface area (Å²) in [5.41, 5.74) is -0.769. The van der Waals surface area contributed by atoms with Gasteiger partial charge in [0.1, 0.15) is 29.6 Å². The average Bonchev–Trinajstić information content (AvgIpc) is 3.58. The van der Waals surface area contributed by atoms with E-state index < -0.39 is 11.4 Å². The van der Waals surface area contributed by atoms with Gasteiger partial charge < -0.3 is 23.6 Å². The van der Waals surface area contributed by atoms with Gasteiger partial charge in [-0.1, -0.05) is 25.0 Å². The number of aromatic nitrogens is 5. The number of rotatable bonds is 7. The zero-order valence-electron chi connectivity index (χ0n) is 19.9. The highest BCUT2D eigenvalue weighted by Gasteiger charge is 2.31. The Kier molecular flexibility index (Phi) is 6.28. The molecule has 0 unspecified atom stereocenters. The molecule has 1 aliphatic rings. The van der Waals surface area contributed by atoms with Gasteiger partial charge in [0.05, 0.1) is 14.2 Å². The Hall–Kier alpha value is -4.41. The second kappa shape index (κ2) is 9.68. The van der Waals surface area contributed by atoms with Crippen LogP contribution in [0.2, 0.25) is 0 Å². The largest absolute Gasteiger partial charge is 0.494 e. The molecule has 0 spiro atoms. The van der Waals surface area contributed by atoms with E-state index in [0.717, 1.165) is 25.7 Å². The van der Waals surface area contributed by atoms with Gasteiger partial charge in [0, 0.05) is 18.2 Å². The van der Waals surface area contributed by atoms with Crippen molar-refractivity contribution in [1.29, 1.82) is 0 Å². The normalized spacial score (nSPS) is 13.7. The quantitative estimate of drug-likeness (QED) is 0.414. The predicted molar refractivity (Wildman–Crippen MR) is 129 cm³/mol. The van der Waals surface area contributed by atoms with Crippen LogP contribution in [0, 0.1) is 0 Å². The SMILES string of the molecule is COc1cccc(OC)c1-n1c(C2CCCC2)nc(=O)c(-c2nnc(Cn3ccccc3=O)o2)c1O. The minimum Gasteiger partial charge on any atom is -0.494 e. The molecular weight excluding hydrogens is 466 g/mol. The van der Waals surface area contributed by atoms with Gasteiger partial charge >= 0.3 is 0 Å². The highest BCUT2D eigenvalue weighted by atomic mass is 16.5. The van der Waals surface area contributed by atoms with E-state index in [9.17, 15) is 14.7 Å². The maximum absolute atomic E-state index is 13.2. The number of hydrogen-bond acceptors (Lipinski definition) is 9. The standard InChI is InChI=1S/C25H25N5O6/c1-34-16-10-7-11-17(35-2)21(16)30-22(15-8-3-4-9-15)26-23(32)20(25(30)33)24-28-27-18(36-24)14-29-13-6-5-12-19(29)31/h5-7,10-13,15,33H,3-4,8-9,14H2,1-2H3. The van der Waals surface area contributed by atoms with Gasteiger partial charge in [-0.05, 0) is 31.0 Å². The number of methoxy groups -OCH3 is 2. The van der Waals surface area contributed by atoms with Crippen LogP contribution in [0.5, 0.6) is 17.4 Å². The predicted octanol–water partition coefficient (Wildman–Crippen LogP) is 2.87. The lowest BCUT2D eigenvalue weighted by atomic mass is 10.1. The van der Waals surface area contributed by atoms with E-state index in [4.69, 9.17) is 13.9 Å². The Morgan fingerprint density at radius 2 is 1.75 bits per heavy atom. The molecule has 1 saturated carbocycles. The molecule has 0 bridgehead atoms. The Bertz CT molecular complexity index is 1490. The van der Waals surface area contributed by atoms with Crippen LogP contribution in [-0.2, 0) is 6.54 Å². The van der Waals surface area contributed by atoms with Crippen molar-refractivity contribution in [2.45, 2.75) is 38.1 Å². The Balaban J connectivity index is 1.69. The summed E-state index contributed by atoms with van der Waals surface area (Å²) < 4.78 is 19.7. The summed E-state index contributed by atoms with van der Waals surface area (Å²) in [5, 5.41) is 19.5. The van der Waals surface area contributed by atoms with E-state index in [2.05, 4.69) is 15.2 Å². The van der Waals surface area contributed by atoms with Crippen LogP contribution < -0.4 is 20.6 Å². The van der Waals surface area contributed by atoms with Crippen molar-refractivity contribution in [2.24, 2.45) is 0 Å². The highest BCUT2D eigenvalue weighted by molar-refractivity contribution is 5.65. The number of pyridine rings is 1. The van der Waals surface area contributed by atoms with Crippen LogP contribution in [0.4, 0.5) is 0 Å². The molecule has 186 valence electrons. The molecule has 0 atom stereocenters. The summed E-state index contributed by atoms with van der Waals surface area (Å²) in [6.07, 6.45) is 5.25. The molecule has 3 aromatic heterocycles. The Morgan fingerprint density at radius 3 is 2.42 bits per heavy atom. The van der Waals surface area contributed by atoms with E-state index in [1.165, 1.54) is 29.4 Å². The van der Waals surface area contributed by atoms with Gasteiger partial charge in [-0.2, -0.15) is 4.98 Å². The third kappa shape index (κ3) is 4.12. The fourth-order valence-corrected chi connectivity index (χ4v) is 4.60. The number of ether oxygens (including phenoxy) is 2. The first-order valence-electron chi connectivity index (χ1n) is 11.6. The molecule has 0 radical (unpaired) electrons. The first-order valence-corrected chi connectivity index (χ1v) is 11.6. The van der Waals surface area contributed by atoms with Crippen LogP contribution in [0.1, 0.15) is 43.3 Å². The number of para-hydroxylation sites is 1. The first-order chi connectivity index (χ1) is 17.5. The van der Waals surface area contributed by atoms with Gasteiger partial charge in [0.15, 0.2) is 5.56 Å². The molecule has 4 aromatic rings. The molecule has 1 N–H and O–H groups in total. The van der Waals surface area contributed by atoms with Crippen molar-refractivity contribution >= 4 is 0 Å². The van der Waals surface area contributed by atoms with Gasteiger partial charge in [0.2, 0.25) is 11.8 Å². The molecule has 11 nitrogen and oxygen atoms in total. The van der Waals surface area contributed by atoms with E-state index >= 15 is 0 Å². The Labute approximate surface area is 205 Å². The molecule has 0 amide bonds. The van der Waals surface area contributed by atoms with Gasteiger partial charge in [0.25, 0.3) is 17.0 Å². The lowest BCUT2D eigenvalue weighted by Gasteiger charge is -2.22. The number of aromatic hydroxyl groups is 1. The van der Waals surface area contributed by atoms with Crippen LogP contribution in [0.3, 0.4) is 0 Å². The second-order valence-electron chi connectivity index (χ2n) is 8.47. The third-order valence-electron chi connectivity index (χ3n) is 6.33. The fraction of sp³-hybridized carbons (Fsp3) is 0.320. The zero-order chi connectivity index (χ0) is 25.2. The zero-order valence-corrected chi connectivity index (χ0v) is 19.9.